The van der Waals surface area contributed by atoms with Gasteiger partial charge in [-0.3, -0.25) is 0 Å². The van der Waals surface area contributed by atoms with Gasteiger partial charge in [0.15, 0.2) is 0 Å². The van der Waals surface area contributed by atoms with Gasteiger partial charge in [0.05, 0.1) is 6.61 Å². The molecule has 0 aromatic carbocycles. The van der Waals surface area contributed by atoms with Crippen LogP contribution >= 0.6 is 0 Å². The summed E-state index contributed by atoms with van der Waals surface area (Å²) in [6, 6.07) is 0.821. The normalized spacial score (nSPS) is 11.5. The molecule has 0 aliphatic heterocycles. The standard InChI is InChI=1S/C22H44O5Si/c1-5-9-10-11-12-13-14-15-16-17-18-21-28(25-7-3,26-8-4)27-20-19-24-22(23)6-2/h6H,2,5,7-21H2,1,3-4H3. The van der Waals surface area contributed by atoms with E-state index in [0.717, 1.165) is 18.5 Å². The molecular weight excluding hydrogens is 372 g/mol. The number of unbranched alkanes of at least 4 members (excludes halogenated alkanes) is 10. The van der Waals surface area contributed by atoms with Crippen LogP contribution < -0.4 is 0 Å². The second-order valence-corrected chi connectivity index (χ2v) is 9.79. The molecule has 6 heteroatoms. The fourth-order valence-corrected chi connectivity index (χ4v) is 5.83. The Bertz CT molecular complexity index is 370. The third kappa shape index (κ3) is 15.3. The van der Waals surface area contributed by atoms with Gasteiger partial charge in [0.25, 0.3) is 0 Å². The Balaban J connectivity index is 4.00. The summed E-state index contributed by atoms with van der Waals surface area (Å²) in [4.78, 5) is 11.1. The van der Waals surface area contributed by atoms with Crippen LogP contribution in [0.5, 0.6) is 0 Å². The van der Waals surface area contributed by atoms with Crippen molar-refractivity contribution in [1.82, 2.24) is 0 Å². The van der Waals surface area contributed by atoms with E-state index in [9.17, 15) is 4.79 Å². The monoisotopic (exact) mass is 416 g/mol. The van der Waals surface area contributed by atoms with Gasteiger partial charge in [0.2, 0.25) is 0 Å². The summed E-state index contributed by atoms with van der Waals surface area (Å²) in [5.74, 6) is -0.436. The van der Waals surface area contributed by atoms with Crippen molar-refractivity contribution in [3.8, 4) is 0 Å². The average molecular weight is 417 g/mol. The highest BCUT2D eigenvalue weighted by atomic mass is 28.4. The van der Waals surface area contributed by atoms with Crippen LogP contribution in [0.25, 0.3) is 0 Å². The zero-order chi connectivity index (χ0) is 20.9. The SMILES string of the molecule is C=CC(=O)OCCO[Si](CCCCCCCCCCCCC)(OCC)OCC. The Morgan fingerprint density at radius 2 is 1.25 bits per heavy atom. The van der Waals surface area contributed by atoms with Crippen molar-refractivity contribution in [2.75, 3.05) is 26.4 Å². The summed E-state index contributed by atoms with van der Waals surface area (Å²) in [5.41, 5.74) is 0. The van der Waals surface area contributed by atoms with Gasteiger partial charge in [-0.05, 0) is 20.3 Å². The summed E-state index contributed by atoms with van der Waals surface area (Å²) in [6.07, 6.45) is 15.5. The van der Waals surface area contributed by atoms with E-state index in [2.05, 4.69) is 13.5 Å². The first-order chi connectivity index (χ1) is 13.6. The van der Waals surface area contributed by atoms with E-state index in [1.54, 1.807) is 0 Å². The highest BCUT2D eigenvalue weighted by molar-refractivity contribution is 6.60. The molecule has 0 N–H and O–H groups in total. The van der Waals surface area contributed by atoms with Crippen LogP contribution in [0.15, 0.2) is 12.7 Å². The molecule has 0 aliphatic rings. The minimum Gasteiger partial charge on any atom is -0.460 e. The molecular formula is C22H44O5Si. The first-order valence-electron chi connectivity index (χ1n) is 11.3. The molecule has 0 aromatic heterocycles. The maximum Gasteiger partial charge on any atom is 0.501 e. The molecule has 0 amide bonds. The molecule has 0 saturated heterocycles. The lowest BCUT2D eigenvalue weighted by molar-refractivity contribution is -0.138. The highest BCUT2D eigenvalue weighted by Crippen LogP contribution is 2.21. The molecule has 28 heavy (non-hydrogen) atoms. The summed E-state index contributed by atoms with van der Waals surface area (Å²) in [6.45, 7) is 11.2. The number of rotatable bonds is 21. The fraction of sp³-hybridized carbons (Fsp3) is 0.864. The fourth-order valence-electron chi connectivity index (χ4n) is 3.19. The molecule has 0 aliphatic carbocycles. The Hall–Kier alpha value is -0.693. The lowest BCUT2D eigenvalue weighted by atomic mass is 10.1. The third-order valence-corrected chi connectivity index (χ3v) is 7.70. The number of esters is 1. The molecule has 0 spiro atoms. The molecule has 0 bridgehead atoms. The minimum atomic E-state index is -2.69. The van der Waals surface area contributed by atoms with Gasteiger partial charge in [-0.1, -0.05) is 77.7 Å². The first kappa shape index (κ1) is 27.3. The Labute approximate surface area is 174 Å². The van der Waals surface area contributed by atoms with E-state index in [-0.39, 0.29) is 6.61 Å². The van der Waals surface area contributed by atoms with Crippen LogP contribution in [-0.2, 0) is 22.8 Å². The van der Waals surface area contributed by atoms with Crippen molar-refractivity contribution < 1.29 is 22.8 Å². The van der Waals surface area contributed by atoms with Gasteiger partial charge < -0.3 is 18.0 Å². The lowest BCUT2D eigenvalue weighted by Gasteiger charge is -2.29. The number of ether oxygens (including phenoxy) is 1. The Kier molecular flexibility index (Phi) is 19.1. The van der Waals surface area contributed by atoms with E-state index in [0.29, 0.717) is 19.8 Å². The second-order valence-electron chi connectivity index (χ2n) is 7.05. The smallest absolute Gasteiger partial charge is 0.460 e. The van der Waals surface area contributed by atoms with Gasteiger partial charge in [0.1, 0.15) is 6.61 Å². The summed E-state index contributed by atoms with van der Waals surface area (Å²) in [5, 5.41) is 0. The number of carbonyl (C=O) groups is 1. The van der Waals surface area contributed by atoms with Crippen molar-refractivity contribution in [2.24, 2.45) is 0 Å². The molecule has 0 rings (SSSR count). The Morgan fingerprint density at radius 1 is 0.750 bits per heavy atom. The minimum absolute atomic E-state index is 0.192. The molecule has 166 valence electrons. The predicted molar refractivity (Wildman–Crippen MR) is 117 cm³/mol. The van der Waals surface area contributed by atoms with Gasteiger partial charge in [-0.15, -0.1) is 0 Å². The average Bonchev–Trinajstić information content (AvgIpc) is 2.69. The van der Waals surface area contributed by atoms with E-state index in [4.69, 9.17) is 18.0 Å². The summed E-state index contributed by atoms with van der Waals surface area (Å²) >= 11 is 0. The van der Waals surface area contributed by atoms with Crippen LogP contribution in [0.2, 0.25) is 6.04 Å². The van der Waals surface area contributed by atoms with Gasteiger partial charge in [0, 0.05) is 25.3 Å². The first-order valence-corrected chi connectivity index (χ1v) is 13.3. The summed E-state index contributed by atoms with van der Waals surface area (Å²) in [7, 11) is -2.69. The van der Waals surface area contributed by atoms with E-state index >= 15 is 0 Å². The molecule has 0 saturated carbocycles. The molecule has 0 aromatic rings. The van der Waals surface area contributed by atoms with Gasteiger partial charge in [-0.25, -0.2) is 4.79 Å². The molecule has 0 atom stereocenters. The zero-order valence-electron chi connectivity index (χ0n) is 18.6. The molecule has 5 nitrogen and oxygen atoms in total. The lowest BCUT2D eigenvalue weighted by Crippen LogP contribution is -2.46. The molecule has 0 radical (unpaired) electrons. The number of hydrogen-bond acceptors (Lipinski definition) is 5. The van der Waals surface area contributed by atoms with Crippen molar-refractivity contribution in [1.29, 1.82) is 0 Å². The zero-order valence-corrected chi connectivity index (χ0v) is 19.6. The molecule has 0 unspecified atom stereocenters. The topological polar surface area (TPSA) is 54.0 Å². The van der Waals surface area contributed by atoms with Crippen LogP contribution in [0.1, 0.15) is 91.4 Å². The van der Waals surface area contributed by atoms with E-state index in [1.165, 1.54) is 64.2 Å². The van der Waals surface area contributed by atoms with Crippen molar-refractivity contribution >= 4 is 14.8 Å². The third-order valence-electron chi connectivity index (χ3n) is 4.63. The maximum absolute atomic E-state index is 11.1. The second kappa shape index (κ2) is 19.6. The quantitative estimate of drug-likeness (QED) is 0.0985. The predicted octanol–water partition coefficient (Wildman–Crippen LogP) is 6.06. The van der Waals surface area contributed by atoms with Gasteiger partial charge in [-0.2, -0.15) is 0 Å². The molecule has 0 heterocycles. The van der Waals surface area contributed by atoms with Crippen LogP contribution in [0, 0.1) is 0 Å². The van der Waals surface area contributed by atoms with Crippen molar-refractivity contribution in [2.45, 2.75) is 97.4 Å². The number of hydrogen-bond donors (Lipinski definition) is 0. The van der Waals surface area contributed by atoms with E-state index < -0.39 is 14.8 Å². The number of carbonyl (C=O) groups excluding carboxylic acids is 1. The highest BCUT2D eigenvalue weighted by Gasteiger charge is 2.40. The van der Waals surface area contributed by atoms with Crippen LogP contribution in [0.3, 0.4) is 0 Å². The van der Waals surface area contributed by atoms with Crippen molar-refractivity contribution in [3.05, 3.63) is 12.7 Å². The van der Waals surface area contributed by atoms with Crippen molar-refractivity contribution in [3.63, 3.8) is 0 Å². The van der Waals surface area contributed by atoms with E-state index in [1.807, 2.05) is 13.8 Å². The van der Waals surface area contributed by atoms with Crippen LogP contribution in [-0.4, -0.2) is 41.2 Å². The summed E-state index contributed by atoms with van der Waals surface area (Å²) < 4.78 is 22.8. The van der Waals surface area contributed by atoms with Gasteiger partial charge >= 0.3 is 14.8 Å². The van der Waals surface area contributed by atoms with Crippen LogP contribution in [0.4, 0.5) is 0 Å². The Morgan fingerprint density at radius 3 is 1.71 bits per heavy atom. The largest absolute Gasteiger partial charge is 0.501 e. The molecule has 0 fully saturated rings. The maximum atomic E-state index is 11.1.